The van der Waals surface area contributed by atoms with Gasteiger partial charge < -0.3 is 14.9 Å². The number of halogens is 3. The van der Waals surface area contributed by atoms with Gasteiger partial charge in [0.2, 0.25) is 0 Å². The second-order valence-corrected chi connectivity index (χ2v) is 9.59. The van der Waals surface area contributed by atoms with Crippen LogP contribution in [0, 0.1) is 11.8 Å². The highest BCUT2D eigenvalue weighted by atomic mass is 19.4. The van der Waals surface area contributed by atoms with E-state index >= 15 is 0 Å². The topological polar surface area (TPSA) is 68.5 Å². The molecule has 9 heteroatoms. The second-order valence-electron chi connectivity index (χ2n) is 9.59. The highest BCUT2D eigenvalue weighted by molar-refractivity contribution is 6.05. The molecule has 6 nitrogen and oxygen atoms in total. The minimum atomic E-state index is -4.41. The van der Waals surface area contributed by atoms with Crippen molar-refractivity contribution in [2.75, 3.05) is 32.7 Å². The SMILES string of the molecule is CC(C)C1=NCC(C2CC(c3cccc(C(F)(F)F)c3)CN(C(=O)N3CCC(O)CC3)C2)=N1. The number of amides is 2. The number of aliphatic imine (C=N–C) groups is 2. The number of piperidine rings is 2. The van der Waals surface area contributed by atoms with Gasteiger partial charge in [-0.1, -0.05) is 32.0 Å². The standard InChI is InChI=1S/C24H31F3N4O2/c1-15(2)22-28-12-21(29-22)18-10-17(16-4-3-5-19(11-16)24(25,26)27)13-31(14-18)23(33)30-8-6-20(32)7-9-30/h3-5,11,15,17-18,20,32H,6-10,12-14H2,1-2H3. The normalized spacial score (nSPS) is 24.8. The van der Waals surface area contributed by atoms with Gasteiger partial charge in [0.15, 0.2) is 0 Å². The zero-order valence-electron chi connectivity index (χ0n) is 19.1. The van der Waals surface area contributed by atoms with E-state index in [4.69, 9.17) is 4.99 Å². The first-order valence-electron chi connectivity index (χ1n) is 11.6. The lowest BCUT2D eigenvalue weighted by Gasteiger charge is -2.41. The molecule has 180 valence electrons. The molecular weight excluding hydrogens is 433 g/mol. The molecule has 0 aromatic heterocycles. The summed E-state index contributed by atoms with van der Waals surface area (Å²) >= 11 is 0. The number of benzene rings is 1. The molecule has 1 aromatic rings. The number of aliphatic hydroxyl groups is 1. The Kier molecular flexibility index (Phi) is 6.79. The Morgan fingerprint density at radius 2 is 1.82 bits per heavy atom. The van der Waals surface area contributed by atoms with Gasteiger partial charge >= 0.3 is 12.2 Å². The quantitative estimate of drug-likeness (QED) is 0.729. The molecule has 0 spiro atoms. The maximum absolute atomic E-state index is 13.3. The number of hydrogen-bond donors (Lipinski definition) is 1. The number of nitrogens with zero attached hydrogens (tertiary/aromatic N) is 4. The maximum Gasteiger partial charge on any atom is 0.416 e. The van der Waals surface area contributed by atoms with Gasteiger partial charge in [-0.2, -0.15) is 13.2 Å². The molecule has 3 aliphatic heterocycles. The molecule has 2 atom stereocenters. The van der Waals surface area contributed by atoms with Crippen LogP contribution in [0.3, 0.4) is 0 Å². The molecule has 2 amide bonds. The van der Waals surface area contributed by atoms with Crippen LogP contribution in [0.25, 0.3) is 0 Å². The van der Waals surface area contributed by atoms with Crippen molar-refractivity contribution in [3.63, 3.8) is 0 Å². The summed E-state index contributed by atoms with van der Waals surface area (Å²) in [5, 5.41) is 9.78. The van der Waals surface area contributed by atoms with Crippen LogP contribution in [-0.4, -0.2) is 71.3 Å². The van der Waals surface area contributed by atoms with Gasteiger partial charge in [0, 0.05) is 49.6 Å². The van der Waals surface area contributed by atoms with Gasteiger partial charge in [-0.25, -0.2) is 9.79 Å². The summed E-state index contributed by atoms with van der Waals surface area (Å²) in [6.45, 7) is 6.34. The highest BCUT2D eigenvalue weighted by Crippen LogP contribution is 2.36. The van der Waals surface area contributed by atoms with Gasteiger partial charge in [0.25, 0.3) is 0 Å². The predicted molar refractivity (Wildman–Crippen MR) is 121 cm³/mol. The molecule has 0 aliphatic carbocycles. The Balaban J connectivity index is 1.59. The Morgan fingerprint density at radius 3 is 2.45 bits per heavy atom. The molecule has 2 fully saturated rings. The summed E-state index contributed by atoms with van der Waals surface area (Å²) in [5.41, 5.74) is 0.820. The fourth-order valence-electron chi connectivity index (χ4n) is 4.88. The van der Waals surface area contributed by atoms with Crippen LogP contribution in [0.1, 0.15) is 50.2 Å². The first kappa shape index (κ1) is 23.7. The first-order chi connectivity index (χ1) is 15.6. The highest BCUT2D eigenvalue weighted by Gasteiger charge is 2.38. The summed E-state index contributed by atoms with van der Waals surface area (Å²) in [6, 6.07) is 5.32. The zero-order chi connectivity index (χ0) is 23.8. The molecule has 0 bridgehead atoms. The van der Waals surface area contributed by atoms with E-state index in [1.165, 1.54) is 12.1 Å². The van der Waals surface area contributed by atoms with E-state index < -0.39 is 11.7 Å². The molecule has 1 N–H and O–H groups in total. The average Bonchev–Trinajstić information content (AvgIpc) is 3.29. The number of rotatable bonds is 3. The van der Waals surface area contributed by atoms with Gasteiger partial charge in [0.05, 0.1) is 18.2 Å². The first-order valence-corrected chi connectivity index (χ1v) is 11.6. The fourth-order valence-corrected chi connectivity index (χ4v) is 4.88. The van der Waals surface area contributed by atoms with E-state index in [9.17, 15) is 23.1 Å². The van der Waals surface area contributed by atoms with E-state index in [0.717, 1.165) is 17.6 Å². The van der Waals surface area contributed by atoms with Crippen molar-refractivity contribution >= 4 is 17.6 Å². The monoisotopic (exact) mass is 464 g/mol. The molecule has 4 rings (SSSR count). The van der Waals surface area contributed by atoms with Crippen LogP contribution >= 0.6 is 0 Å². The molecule has 1 aromatic carbocycles. The number of hydrogen-bond acceptors (Lipinski definition) is 4. The second kappa shape index (κ2) is 9.44. The van der Waals surface area contributed by atoms with Crippen molar-refractivity contribution in [3.05, 3.63) is 35.4 Å². The minimum Gasteiger partial charge on any atom is -0.393 e. The molecule has 3 aliphatic rings. The van der Waals surface area contributed by atoms with Crippen LogP contribution in [-0.2, 0) is 6.18 Å². The third-order valence-electron chi connectivity index (χ3n) is 6.79. The number of carbonyl (C=O) groups is 1. The molecule has 33 heavy (non-hydrogen) atoms. The third-order valence-corrected chi connectivity index (χ3v) is 6.79. The number of likely N-dealkylation sites (tertiary alicyclic amines) is 2. The van der Waals surface area contributed by atoms with Crippen LogP contribution in [0.15, 0.2) is 34.3 Å². The molecule has 2 saturated heterocycles. The van der Waals surface area contributed by atoms with Crippen LogP contribution in [0.5, 0.6) is 0 Å². The predicted octanol–water partition coefficient (Wildman–Crippen LogP) is 4.20. The minimum absolute atomic E-state index is 0.0578. The van der Waals surface area contributed by atoms with Crippen molar-refractivity contribution in [2.24, 2.45) is 21.8 Å². The van der Waals surface area contributed by atoms with Crippen molar-refractivity contribution < 1.29 is 23.1 Å². The van der Waals surface area contributed by atoms with E-state index in [1.54, 1.807) is 15.9 Å². The zero-order valence-corrected chi connectivity index (χ0v) is 19.1. The lowest BCUT2D eigenvalue weighted by Crippen LogP contribution is -2.53. The van der Waals surface area contributed by atoms with Crippen molar-refractivity contribution in [1.29, 1.82) is 0 Å². The van der Waals surface area contributed by atoms with Gasteiger partial charge in [-0.3, -0.25) is 4.99 Å². The lowest BCUT2D eigenvalue weighted by molar-refractivity contribution is -0.137. The van der Waals surface area contributed by atoms with E-state index in [1.807, 2.05) is 13.8 Å². The largest absolute Gasteiger partial charge is 0.416 e. The van der Waals surface area contributed by atoms with Gasteiger partial charge in [0.1, 0.15) is 5.84 Å². The van der Waals surface area contributed by atoms with E-state index in [0.29, 0.717) is 57.5 Å². The number of alkyl halides is 3. The summed E-state index contributed by atoms with van der Waals surface area (Å²) in [4.78, 5) is 26.1. The maximum atomic E-state index is 13.3. The summed E-state index contributed by atoms with van der Waals surface area (Å²) in [7, 11) is 0. The van der Waals surface area contributed by atoms with Crippen LogP contribution < -0.4 is 0 Å². The third kappa shape index (κ3) is 5.39. The summed E-state index contributed by atoms with van der Waals surface area (Å²) < 4.78 is 40.0. The molecule has 0 saturated carbocycles. The van der Waals surface area contributed by atoms with E-state index in [-0.39, 0.29) is 29.9 Å². The van der Waals surface area contributed by atoms with Crippen LogP contribution in [0.2, 0.25) is 0 Å². The summed E-state index contributed by atoms with van der Waals surface area (Å²) in [6.07, 6.45) is -3.09. The molecule has 2 unspecified atom stereocenters. The smallest absolute Gasteiger partial charge is 0.393 e. The molecule has 3 heterocycles. The number of urea groups is 1. The molecular formula is C24H31F3N4O2. The van der Waals surface area contributed by atoms with E-state index in [2.05, 4.69) is 4.99 Å². The number of aliphatic hydroxyl groups excluding tert-OH is 1. The number of carbonyl (C=O) groups excluding carboxylic acids is 1. The van der Waals surface area contributed by atoms with Crippen LogP contribution in [0.4, 0.5) is 18.0 Å². The Bertz CT molecular complexity index is 936. The van der Waals surface area contributed by atoms with Crippen molar-refractivity contribution in [2.45, 2.75) is 51.3 Å². The van der Waals surface area contributed by atoms with Crippen molar-refractivity contribution in [3.8, 4) is 0 Å². The van der Waals surface area contributed by atoms with Gasteiger partial charge in [-0.15, -0.1) is 0 Å². The van der Waals surface area contributed by atoms with Crippen molar-refractivity contribution in [1.82, 2.24) is 9.80 Å². The molecule has 0 radical (unpaired) electrons. The Labute approximate surface area is 192 Å². The Morgan fingerprint density at radius 1 is 1.12 bits per heavy atom. The fraction of sp³-hybridized carbons (Fsp3) is 0.625. The Hall–Kier alpha value is -2.42. The number of amidine groups is 1. The van der Waals surface area contributed by atoms with Gasteiger partial charge in [-0.05, 0) is 30.9 Å². The summed E-state index contributed by atoms with van der Waals surface area (Å²) in [5.74, 6) is 0.700. The average molecular weight is 465 g/mol. The lowest BCUT2D eigenvalue weighted by atomic mass is 9.82.